The Morgan fingerprint density at radius 1 is 1.17 bits per heavy atom. The van der Waals surface area contributed by atoms with Crippen LogP contribution in [-0.4, -0.2) is 56.9 Å². The van der Waals surface area contributed by atoms with Crippen LogP contribution in [-0.2, 0) is 19.4 Å². The van der Waals surface area contributed by atoms with Gasteiger partial charge in [0.2, 0.25) is 0 Å². The summed E-state index contributed by atoms with van der Waals surface area (Å²) < 4.78 is 34.2. The van der Waals surface area contributed by atoms with Gasteiger partial charge in [-0.05, 0) is 42.7 Å². The number of benzene rings is 1. The molecule has 2 amide bonds. The number of methoxy groups -OCH3 is 2. The number of hydrogen-bond donors (Lipinski definition) is 0. The van der Waals surface area contributed by atoms with Crippen molar-refractivity contribution in [1.29, 1.82) is 5.26 Å². The molecule has 1 aromatic carbocycles. The second kappa shape index (κ2) is 7.72. The number of carbonyl (C=O) groups excluding carboxylic acids is 2. The zero-order valence-corrected chi connectivity index (χ0v) is 17.1. The lowest BCUT2D eigenvalue weighted by Gasteiger charge is -2.31. The standard InChI is InChI=1S/C20H20N2O6S/c1-12-15(8-13-4-5-17(27-2)18(9-13)28-3)19(23)22(20(24)16(12)10-21)14-6-7-29(25,26)11-14/h4-5,8-9,14H,6-7,11H2,1-3H3/b15-8-/t14-/m1/s1. The Morgan fingerprint density at radius 2 is 1.86 bits per heavy atom. The average molecular weight is 416 g/mol. The predicted octanol–water partition coefficient (Wildman–Crippen LogP) is 1.48. The fourth-order valence-electron chi connectivity index (χ4n) is 3.52. The lowest BCUT2D eigenvalue weighted by molar-refractivity contribution is -0.142. The summed E-state index contributed by atoms with van der Waals surface area (Å²) in [5.74, 6) is -0.755. The van der Waals surface area contributed by atoms with Gasteiger partial charge in [-0.25, -0.2) is 8.42 Å². The molecule has 1 fully saturated rings. The fourth-order valence-corrected chi connectivity index (χ4v) is 5.22. The van der Waals surface area contributed by atoms with E-state index in [1.165, 1.54) is 21.1 Å². The number of rotatable bonds is 4. The minimum absolute atomic E-state index is 0.0892. The zero-order chi connectivity index (χ0) is 21.3. The van der Waals surface area contributed by atoms with Crippen molar-refractivity contribution in [2.75, 3.05) is 25.7 Å². The molecular weight excluding hydrogens is 396 g/mol. The topological polar surface area (TPSA) is 114 Å². The van der Waals surface area contributed by atoms with E-state index in [9.17, 15) is 23.3 Å². The Kier molecular flexibility index (Phi) is 5.48. The van der Waals surface area contributed by atoms with Crippen LogP contribution in [0.4, 0.5) is 0 Å². The van der Waals surface area contributed by atoms with Crippen LogP contribution in [0.5, 0.6) is 11.5 Å². The van der Waals surface area contributed by atoms with Gasteiger partial charge >= 0.3 is 0 Å². The van der Waals surface area contributed by atoms with Crippen molar-refractivity contribution in [2.45, 2.75) is 19.4 Å². The van der Waals surface area contributed by atoms with Crippen molar-refractivity contribution in [2.24, 2.45) is 0 Å². The summed E-state index contributed by atoms with van der Waals surface area (Å²) in [6.45, 7) is 1.53. The summed E-state index contributed by atoms with van der Waals surface area (Å²) in [6.07, 6.45) is 1.72. The highest BCUT2D eigenvalue weighted by Crippen LogP contribution is 2.33. The molecule has 0 N–H and O–H groups in total. The van der Waals surface area contributed by atoms with Crippen molar-refractivity contribution in [1.82, 2.24) is 4.90 Å². The minimum atomic E-state index is -3.32. The monoisotopic (exact) mass is 416 g/mol. The zero-order valence-electron chi connectivity index (χ0n) is 16.3. The highest BCUT2D eigenvalue weighted by molar-refractivity contribution is 7.91. The third-order valence-corrected chi connectivity index (χ3v) is 6.82. The summed E-state index contributed by atoms with van der Waals surface area (Å²) in [4.78, 5) is 26.8. The van der Waals surface area contributed by atoms with Gasteiger partial charge < -0.3 is 9.47 Å². The van der Waals surface area contributed by atoms with Gasteiger partial charge in [0.1, 0.15) is 11.6 Å². The van der Waals surface area contributed by atoms with Gasteiger partial charge in [0.15, 0.2) is 21.3 Å². The van der Waals surface area contributed by atoms with Gasteiger partial charge in [-0.2, -0.15) is 5.26 Å². The quantitative estimate of drug-likeness (QED) is 0.539. The number of ether oxygens (including phenoxy) is 2. The predicted molar refractivity (Wildman–Crippen MR) is 105 cm³/mol. The van der Waals surface area contributed by atoms with Crippen LogP contribution in [0.25, 0.3) is 6.08 Å². The number of nitriles is 1. The van der Waals surface area contributed by atoms with Gasteiger partial charge in [0.25, 0.3) is 11.8 Å². The number of carbonyl (C=O) groups is 2. The second-order valence-electron chi connectivity index (χ2n) is 6.82. The maximum absolute atomic E-state index is 13.1. The molecule has 0 unspecified atom stereocenters. The fraction of sp³-hybridized carbons (Fsp3) is 0.350. The molecule has 8 nitrogen and oxygen atoms in total. The lowest BCUT2D eigenvalue weighted by atomic mass is 9.92. The number of hydrogen-bond acceptors (Lipinski definition) is 7. The molecule has 0 aromatic heterocycles. The van der Waals surface area contributed by atoms with Crippen molar-refractivity contribution in [3.8, 4) is 17.6 Å². The molecule has 9 heteroatoms. The average Bonchev–Trinajstić information content (AvgIpc) is 3.04. The van der Waals surface area contributed by atoms with E-state index in [1.807, 2.05) is 6.07 Å². The normalized spacial score (nSPS) is 22.8. The Morgan fingerprint density at radius 3 is 2.41 bits per heavy atom. The van der Waals surface area contributed by atoms with Crippen molar-refractivity contribution in [3.63, 3.8) is 0 Å². The van der Waals surface area contributed by atoms with E-state index < -0.39 is 27.7 Å². The largest absolute Gasteiger partial charge is 0.493 e. The third-order valence-electron chi connectivity index (χ3n) is 5.06. The molecule has 1 aromatic rings. The van der Waals surface area contributed by atoms with E-state index in [2.05, 4.69) is 0 Å². The summed E-state index contributed by atoms with van der Waals surface area (Å²) in [7, 11) is -0.325. The van der Waals surface area contributed by atoms with Crippen LogP contribution in [0.15, 0.2) is 34.9 Å². The summed E-state index contributed by atoms with van der Waals surface area (Å²) >= 11 is 0. The molecule has 2 aliphatic heterocycles. The summed E-state index contributed by atoms with van der Waals surface area (Å²) in [6, 6.07) is 6.13. The summed E-state index contributed by atoms with van der Waals surface area (Å²) in [5.41, 5.74) is 0.865. The second-order valence-corrected chi connectivity index (χ2v) is 9.05. The molecule has 0 bridgehead atoms. The van der Waals surface area contributed by atoms with Crippen molar-refractivity contribution in [3.05, 3.63) is 40.5 Å². The maximum Gasteiger partial charge on any atom is 0.271 e. The van der Waals surface area contributed by atoms with Crippen LogP contribution in [0, 0.1) is 11.3 Å². The first-order valence-corrected chi connectivity index (χ1v) is 10.7. The van der Waals surface area contributed by atoms with Crippen LogP contribution in [0.2, 0.25) is 0 Å². The first-order chi connectivity index (χ1) is 13.7. The number of sulfone groups is 1. The van der Waals surface area contributed by atoms with Crippen molar-refractivity contribution < 1.29 is 27.5 Å². The summed E-state index contributed by atoms with van der Waals surface area (Å²) in [5, 5.41) is 9.47. The SMILES string of the molecule is COc1ccc(/C=C2\C(=O)N([C@@H]3CCS(=O)(=O)C3)C(=O)C(C#N)=C2C)cc1OC. The molecule has 2 heterocycles. The number of imide groups is 1. The molecule has 0 radical (unpaired) electrons. The van der Waals surface area contributed by atoms with E-state index in [-0.39, 0.29) is 34.6 Å². The van der Waals surface area contributed by atoms with Gasteiger partial charge in [-0.3, -0.25) is 14.5 Å². The van der Waals surface area contributed by atoms with Gasteiger partial charge in [-0.1, -0.05) is 6.07 Å². The molecule has 0 aliphatic carbocycles. The minimum Gasteiger partial charge on any atom is -0.493 e. The first kappa shape index (κ1) is 20.6. The highest BCUT2D eigenvalue weighted by atomic mass is 32.2. The van der Waals surface area contributed by atoms with E-state index in [1.54, 1.807) is 24.3 Å². The molecule has 1 saturated heterocycles. The molecule has 3 rings (SSSR count). The molecule has 0 spiro atoms. The lowest BCUT2D eigenvalue weighted by Crippen LogP contribution is -2.49. The van der Waals surface area contributed by atoms with E-state index in [4.69, 9.17) is 9.47 Å². The Hall–Kier alpha value is -3.12. The van der Waals surface area contributed by atoms with Crippen LogP contribution in [0.1, 0.15) is 18.9 Å². The number of amides is 2. The Labute approximate surface area is 168 Å². The third kappa shape index (κ3) is 3.76. The molecule has 29 heavy (non-hydrogen) atoms. The maximum atomic E-state index is 13.1. The van der Waals surface area contributed by atoms with E-state index in [0.29, 0.717) is 17.1 Å². The molecule has 1 atom stereocenters. The van der Waals surface area contributed by atoms with Crippen LogP contribution >= 0.6 is 0 Å². The van der Waals surface area contributed by atoms with Gasteiger partial charge in [0.05, 0.1) is 31.8 Å². The highest BCUT2D eigenvalue weighted by Gasteiger charge is 2.43. The van der Waals surface area contributed by atoms with E-state index in [0.717, 1.165) is 4.90 Å². The van der Waals surface area contributed by atoms with Gasteiger partial charge in [-0.15, -0.1) is 0 Å². The van der Waals surface area contributed by atoms with Crippen molar-refractivity contribution >= 4 is 27.7 Å². The van der Waals surface area contributed by atoms with E-state index >= 15 is 0 Å². The molecule has 0 saturated carbocycles. The smallest absolute Gasteiger partial charge is 0.271 e. The van der Waals surface area contributed by atoms with Crippen LogP contribution < -0.4 is 9.47 Å². The Balaban J connectivity index is 2.09. The first-order valence-electron chi connectivity index (χ1n) is 8.85. The number of nitrogens with zero attached hydrogens (tertiary/aromatic N) is 2. The molecule has 2 aliphatic rings. The molecular formula is C20H20N2O6S. The molecule has 152 valence electrons. The Bertz CT molecular complexity index is 1090. The van der Waals surface area contributed by atoms with Crippen LogP contribution in [0.3, 0.4) is 0 Å². The van der Waals surface area contributed by atoms with Gasteiger partial charge in [0, 0.05) is 5.57 Å².